The highest BCUT2D eigenvalue weighted by Gasteiger charge is 2.24. The molecule has 0 aliphatic rings. The number of hydrogen-bond acceptors (Lipinski definition) is 9. The average molecular weight is 565 g/mol. The van der Waals surface area contributed by atoms with E-state index in [1.165, 1.54) is 15.9 Å². The van der Waals surface area contributed by atoms with Crippen LogP contribution in [-0.4, -0.2) is 45.0 Å². The topological polar surface area (TPSA) is 162 Å². The zero-order valence-electron chi connectivity index (χ0n) is 22.1. The van der Waals surface area contributed by atoms with Crippen LogP contribution in [0.4, 0.5) is 5.82 Å². The predicted molar refractivity (Wildman–Crippen MR) is 154 cm³/mol. The number of nitrogens with one attached hydrogen (secondary N) is 2. The van der Waals surface area contributed by atoms with Crippen LogP contribution in [0.5, 0.6) is 0 Å². The van der Waals surface area contributed by atoms with Gasteiger partial charge < -0.3 is 16.0 Å². The SMILES string of the molecule is Cc1ncc(C#Cc2cccc3nc([C@@H](C)NC(=O)c4c(N)nn5cccnc45)n(CCc4c[nH]cn4)c(=O)c23)s1. The fourth-order valence-corrected chi connectivity index (χ4v) is 5.22. The number of nitrogens with two attached hydrogens (primary N) is 1. The zero-order valence-corrected chi connectivity index (χ0v) is 22.9. The number of benzene rings is 1. The van der Waals surface area contributed by atoms with Crippen molar-refractivity contribution in [3.63, 3.8) is 0 Å². The summed E-state index contributed by atoms with van der Waals surface area (Å²) in [5, 5.41) is 8.42. The van der Waals surface area contributed by atoms with E-state index in [2.05, 4.69) is 42.2 Å². The third kappa shape index (κ3) is 5.04. The Kier molecular flexibility index (Phi) is 6.74. The van der Waals surface area contributed by atoms with Gasteiger partial charge in [0.1, 0.15) is 11.4 Å². The van der Waals surface area contributed by atoms with Gasteiger partial charge in [0.15, 0.2) is 11.5 Å². The van der Waals surface area contributed by atoms with E-state index < -0.39 is 11.9 Å². The van der Waals surface area contributed by atoms with Crippen molar-refractivity contribution in [1.29, 1.82) is 0 Å². The van der Waals surface area contributed by atoms with Crippen LogP contribution < -0.4 is 16.6 Å². The minimum atomic E-state index is -0.660. The van der Waals surface area contributed by atoms with Crippen LogP contribution in [0.1, 0.15) is 50.3 Å². The highest BCUT2D eigenvalue weighted by atomic mass is 32.1. The zero-order chi connectivity index (χ0) is 28.5. The van der Waals surface area contributed by atoms with Crippen molar-refractivity contribution < 1.29 is 4.79 Å². The molecule has 0 fully saturated rings. The molecule has 13 heteroatoms. The van der Waals surface area contributed by atoms with Crippen LogP contribution in [0, 0.1) is 18.8 Å². The number of carbonyl (C=O) groups is 1. The predicted octanol–water partition coefficient (Wildman–Crippen LogP) is 2.64. The molecular formula is C28H24N10O2S. The van der Waals surface area contributed by atoms with Crippen molar-refractivity contribution in [2.24, 2.45) is 0 Å². The summed E-state index contributed by atoms with van der Waals surface area (Å²) < 4.78 is 3.01. The van der Waals surface area contributed by atoms with Crippen LogP contribution in [0.15, 0.2) is 60.2 Å². The van der Waals surface area contributed by atoms with E-state index in [4.69, 9.17) is 10.7 Å². The van der Waals surface area contributed by atoms with Gasteiger partial charge in [-0.1, -0.05) is 12.0 Å². The Labute approximate surface area is 237 Å². The Morgan fingerprint density at radius 1 is 1.22 bits per heavy atom. The van der Waals surface area contributed by atoms with Crippen LogP contribution in [0.25, 0.3) is 16.6 Å². The lowest BCUT2D eigenvalue weighted by molar-refractivity contribution is 0.0939. The van der Waals surface area contributed by atoms with E-state index in [-0.39, 0.29) is 16.9 Å². The number of nitrogen functional groups attached to an aromatic ring is 1. The number of rotatable bonds is 6. The molecule has 204 valence electrons. The molecule has 0 radical (unpaired) electrons. The molecule has 4 N–H and O–H groups in total. The van der Waals surface area contributed by atoms with Crippen molar-refractivity contribution in [2.45, 2.75) is 32.9 Å². The number of amides is 1. The van der Waals surface area contributed by atoms with E-state index in [0.29, 0.717) is 40.9 Å². The molecule has 1 aromatic carbocycles. The van der Waals surface area contributed by atoms with Gasteiger partial charge in [-0.2, -0.15) is 0 Å². The lowest BCUT2D eigenvalue weighted by Gasteiger charge is -2.19. The van der Waals surface area contributed by atoms with Crippen LogP contribution in [0.3, 0.4) is 0 Å². The van der Waals surface area contributed by atoms with E-state index in [9.17, 15) is 9.59 Å². The lowest BCUT2D eigenvalue weighted by atomic mass is 10.1. The fourth-order valence-electron chi connectivity index (χ4n) is 4.59. The molecule has 1 atom stereocenters. The molecule has 0 saturated carbocycles. The first-order valence-corrected chi connectivity index (χ1v) is 13.6. The molecule has 0 aliphatic heterocycles. The fraction of sp³-hybridized carbons (Fsp3) is 0.179. The summed E-state index contributed by atoms with van der Waals surface area (Å²) in [6, 6.07) is 6.41. The maximum Gasteiger partial charge on any atom is 0.262 e. The molecule has 6 rings (SSSR count). The molecule has 0 unspecified atom stereocenters. The quantitative estimate of drug-likeness (QED) is 0.260. The summed E-state index contributed by atoms with van der Waals surface area (Å²) in [6.45, 7) is 3.97. The number of aromatic nitrogens is 8. The smallest absolute Gasteiger partial charge is 0.262 e. The van der Waals surface area contributed by atoms with Crippen molar-refractivity contribution in [2.75, 3.05) is 5.73 Å². The number of anilines is 1. The largest absolute Gasteiger partial charge is 0.381 e. The van der Waals surface area contributed by atoms with Gasteiger partial charge in [-0.15, -0.1) is 16.4 Å². The summed E-state index contributed by atoms with van der Waals surface area (Å²) in [6.07, 6.45) is 8.78. The summed E-state index contributed by atoms with van der Waals surface area (Å²) >= 11 is 1.49. The number of imidazole rings is 1. The maximum absolute atomic E-state index is 14.1. The highest BCUT2D eigenvalue weighted by molar-refractivity contribution is 7.12. The van der Waals surface area contributed by atoms with Gasteiger partial charge >= 0.3 is 0 Å². The standard InChI is InChI=1S/C28H24N10O2S/c1-16(34-27(39)23-24(29)36-38-11-4-10-31-26(23)38)25-35-21-6-3-5-18(7-8-20-14-32-17(2)41-20)22(21)28(40)37(25)12-9-19-13-30-15-33-19/h3-6,10-11,13-16H,9,12H2,1-2H3,(H2,29,36)(H,30,33)(H,34,39)/t16-/m1/s1. The second kappa shape index (κ2) is 10.7. The van der Waals surface area contributed by atoms with Gasteiger partial charge in [-0.25, -0.2) is 24.5 Å². The Bertz CT molecular complexity index is 2030. The Morgan fingerprint density at radius 3 is 2.88 bits per heavy atom. The number of hydrogen-bond donors (Lipinski definition) is 3. The molecule has 41 heavy (non-hydrogen) atoms. The van der Waals surface area contributed by atoms with Crippen molar-refractivity contribution in [1.82, 2.24) is 44.4 Å². The van der Waals surface area contributed by atoms with E-state index >= 15 is 0 Å². The Balaban J connectivity index is 1.42. The number of carbonyl (C=O) groups excluding carboxylic acids is 1. The first-order valence-electron chi connectivity index (χ1n) is 12.7. The Hall–Kier alpha value is -5.35. The van der Waals surface area contributed by atoms with Gasteiger partial charge in [-0.05, 0) is 38.0 Å². The monoisotopic (exact) mass is 564 g/mol. The number of nitrogens with zero attached hydrogens (tertiary/aromatic N) is 7. The van der Waals surface area contributed by atoms with Gasteiger partial charge in [0, 0.05) is 37.1 Å². The van der Waals surface area contributed by atoms with Crippen molar-refractivity contribution in [3.8, 4) is 11.8 Å². The molecule has 5 aromatic heterocycles. The van der Waals surface area contributed by atoms with E-state index in [0.717, 1.165) is 15.6 Å². The van der Waals surface area contributed by atoms with Crippen molar-refractivity contribution in [3.05, 3.63) is 98.3 Å². The third-order valence-corrected chi connectivity index (χ3v) is 7.31. The van der Waals surface area contributed by atoms with Crippen LogP contribution >= 0.6 is 11.3 Å². The summed E-state index contributed by atoms with van der Waals surface area (Å²) in [5.41, 5.74) is 8.11. The second-order valence-electron chi connectivity index (χ2n) is 9.27. The minimum absolute atomic E-state index is 0.0511. The molecule has 0 bridgehead atoms. The average Bonchev–Trinajstić information content (AvgIpc) is 3.70. The number of thiazole rings is 1. The molecule has 0 saturated heterocycles. The van der Waals surface area contributed by atoms with Gasteiger partial charge in [0.05, 0.1) is 45.0 Å². The molecule has 12 nitrogen and oxygen atoms in total. The van der Waals surface area contributed by atoms with E-state index in [1.54, 1.807) is 60.8 Å². The van der Waals surface area contributed by atoms with Crippen LogP contribution in [0.2, 0.25) is 0 Å². The van der Waals surface area contributed by atoms with Gasteiger partial charge in [0.2, 0.25) is 0 Å². The van der Waals surface area contributed by atoms with Gasteiger partial charge in [0.25, 0.3) is 11.5 Å². The summed E-state index contributed by atoms with van der Waals surface area (Å²) in [5.74, 6) is 6.20. The van der Waals surface area contributed by atoms with Crippen LogP contribution in [-0.2, 0) is 13.0 Å². The normalized spacial score (nSPS) is 11.9. The summed E-state index contributed by atoms with van der Waals surface area (Å²) in [7, 11) is 0. The van der Waals surface area contributed by atoms with Crippen molar-refractivity contribution >= 4 is 39.6 Å². The molecule has 6 aromatic rings. The Morgan fingerprint density at radius 2 is 2.10 bits per heavy atom. The number of aromatic amines is 1. The second-order valence-corrected chi connectivity index (χ2v) is 10.5. The third-order valence-electron chi connectivity index (χ3n) is 6.49. The number of aryl methyl sites for hydroxylation is 2. The number of fused-ring (bicyclic) bond motifs is 2. The minimum Gasteiger partial charge on any atom is -0.381 e. The first-order chi connectivity index (χ1) is 19.9. The highest BCUT2D eigenvalue weighted by Crippen LogP contribution is 2.21. The van der Waals surface area contributed by atoms with Gasteiger partial charge in [-0.3, -0.25) is 14.2 Å². The molecule has 1 amide bonds. The lowest BCUT2D eigenvalue weighted by Crippen LogP contribution is -2.34. The molecule has 0 spiro atoms. The summed E-state index contributed by atoms with van der Waals surface area (Å²) in [4.78, 5) is 48.8. The molecule has 0 aliphatic carbocycles. The molecular weight excluding hydrogens is 540 g/mol. The maximum atomic E-state index is 14.1. The first kappa shape index (κ1) is 25.9. The number of H-pyrrole nitrogens is 1. The molecule has 5 heterocycles. The van der Waals surface area contributed by atoms with E-state index in [1.807, 2.05) is 13.0 Å².